The lowest BCUT2D eigenvalue weighted by Crippen LogP contribution is -2.13. The number of nitrogens with one attached hydrogen (secondary N) is 2. The van der Waals surface area contributed by atoms with E-state index in [4.69, 9.17) is 4.98 Å². The van der Waals surface area contributed by atoms with Gasteiger partial charge >= 0.3 is 0 Å². The number of aromatic nitrogens is 4. The molecule has 0 bridgehead atoms. The first-order valence-corrected chi connectivity index (χ1v) is 8.55. The number of hydrogen-bond acceptors (Lipinski definition) is 5. The highest BCUT2D eigenvalue weighted by Crippen LogP contribution is 2.31. The molecule has 0 amide bonds. The fourth-order valence-corrected chi connectivity index (χ4v) is 3.15. The average molecular weight is 302 g/mol. The van der Waals surface area contributed by atoms with Gasteiger partial charge in [0.15, 0.2) is 17.0 Å². The number of hydrogen-bond donors (Lipinski definition) is 2. The summed E-state index contributed by atoms with van der Waals surface area (Å²) in [6.45, 7) is 5.92. The Bertz CT molecular complexity index is 614. The number of rotatable bonds is 6. The fourth-order valence-electron chi connectivity index (χ4n) is 3.15. The van der Waals surface area contributed by atoms with E-state index >= 15 is 0 Å². The summed E-state index contributed by atoms with van der Waals surface area (Å²) in [5, 5.41) is 6.62. The van der Waals surface area contributed by atoms with Crippen LogP contribution in [0.3, 0.4) is 0 Å². The van der Waals surface area contributed by atoms with Gasteiger partial charge in [-0.15, -0.1) is 0 Å². The molecule has 1 aliphatic rings. The maximum absolute atomic E-state index is 4.71. The van der Waals surface area contributed by atoms with Crippen LogP contribution in [0.25, 0.3) is 11.2 Å². The molecule has 0 radical (unpaired) electrons. The molecule has 2 aromatic heterocycles. The monoisotopic (exact) mass is 302 g/mol. The van der Waals surface area contributed by atoms with Gasteiger partial charge in [-0.1, -0.05) is 26.2 Å². The molecule has 6 heteroatoms. The summed E-state index contributed by atoms with van der Waals surface area (Å²) >= 11 is 0. The number of anilines is 2. The molecule has 1 saturated carbocycles. The van der Waals surface area contributed by atoms with Crippen molar-refractivity contribution >= 4 is 22.9 Å². The molecule has 0 saturated heterocycles. The molecule has 0 unspecified atom stereocenters. The maximum atomic E-state index is 4.71. The van der Waals surface area contributed by atoms with Gasteiger partial charge in [-0.2, -0.15) is 9.97 Å². The van der Waals surface area contributed by atoms with Crippen LogP contribution in [0.2, 0.25) is 0 Å². The van der Waals surface area contributed by atoms with Crippen molar-refractivity contribution in [2.45, 2.75) is 58.4 Å². The lowest BCUT2D eigenvalue weighted by Gasteiger charge is -2.23. The van der Waals surface area contributed by atoms with E-state index in [1.54, 1.807) is 0 Å². The molecule has 120 valence electrons. The Morgan fingerprint density at radius 3 is 2.68 bits per heavy atom. The van der Waals surface area contributed by atoms with Crippen LogP contribution in [0.15, 0.2) is 6.33 Å². The topological polar surface area (TPSA) is 67.7 Å². The largest absolute Gasteiger partial charge is 0.368 e. The second-order valence-electron chi connectivity index (χ2n) is 5.97. The highest BCUT2D eigenvalue weighted by molar-refractivity contribution is 5.84. The second kappa shape index (κ2) is 6.94. The van der Waals surface area contributed by atoms with Crippen LogP contribution in [-0.4, -0.2) is 32.6 Å². The molecule has 0 aromatic carbocycles. The van der Waals surface area contributed by atoms with E-state index in [2.05, 4.69) is 39.0 Å². The predicted octanol–water partition coefficient (Wildman–Crippen LogP) is 3.59. The van der Waals surface area contributed by atoms with Crippen LogP contribution in [-0.2, 0) is 0 Å². The first kappa shape index (κ1) is 15.1. The molecular weight excluding hydrogens is 276 g/mol. The molecule has 2 N–H and O–H groups in total. The Hall–Kier alpha value is -1.85. The zero-order valence-corrected chi connectivity index (χ0v) is 13.6. The van der Waals surface area contributed by atoms with E-state index in [1.807, 2.05) is 6.33 Å². The average Bonchev–Trinajstić information content (AvgIpc) is 2.98. The van der Waals surface area contributed by atoms with Gasteiger partial charge in [-0.05, 0) is 26.2 Å². The van der Waals surface area contributed by atoms with Crippen molar-refractivity contribution in [2.24, 2.45) is 0 Å². The molecule has 0 spiro atoms. The summed E-state index contributed by atoms with van der Waals surface area (Å²) < 4.78 is 2.26. The Labute approximate surface area is 131 Å². The zero-order valence-electron chi connectivity index (χ0n) is 13.6. The van der Waals surface area contributed by atoms with Gasteiger partial charge in [0.1, 0.15) is 0 Å². The van der Waals surface area contributed by atoms with Crippen molar-refractivity contribution in [1.82, 2.24) is 19.5 Å². The van der Waals surface area contributed by atoms with Gasteiger partial charge in [-0.3, -0.25) is 0 Å². The van der Waals surface area contributed by atoms with Crippen LogP contribution in [0, 0.1) is 0 Å². The van der Waals surface area contributed by atoms with Crippen LogP contribution in [0.4, 0.5) is 11.8 Å². The quantitative estimate of drug-likeness (QED) is 0.853. The lowest BCUT2D eigenvalue weighted by molar-refractivity contribution is 0.358. The minimum absolute atomic E-state index is 0.530. The van der Waals surface area contributed by atoms with Gasteiger partial charge in [0, 0.05) is 19.1 Å². The number of imidazole rings is 1. The van der Waals surface area contributed by atoms with Crippen molar-refractivity contribution in [2.75, 3.05) is 23.7 Å². The highest BCUT2D eigenvalue weighted by atomic mass is 15.2. The van der Waals surface area contributed by atoms with Crippen LogP contribution in [0.1, 0.15) is 58.4 Å². The van der Waals surface area contributed by atoms with Crippen molar-refractivity contribution in [3.05, 3.63) is 6.33 Å². The van der Waals surface area contributed by atoms with Crippen molar-refractivity contribution < 1.29 is 0 Å². The van der Waals surface area contributed by atoms with Gasteiger partial charge in [0.25, 0.3) is 0 Å². The summed E-state index contributed by atoms with van der Waals surface area (Å²) in [7, 11) is 0. The van der Waals surface area contributed by atoms with Gasteiger partial charge < -0.3 is 15.2 Å². The lowest BCUT2D eigenvalue weighted by atomic mass is 9.95. The molecular formula is C16H26N6. The molecule has 1 aliphatic carbocycles. The van der Waals surface area contributed by atoms with E-state index < -0.39 is 0 Å². The summed E-state index contributed by atoms with van der Waals surface area (Å²) in [5.41, 5.74) is 1.84. The predicted molar refractivity (Wildman–Crippen MR) is 90.4 cm³/mol. The summed E-state index contributed by atoms with van der Waals surface area (Å²) in [4.78, 5) is 13.9. The summed E-state index contributed by atoms with van der Waals surface area (Å²) in [6.07, 6.45) is 9.41. The Morgan fingerprint density at radius 2 is 1.95 bits per heavy atom. The summed E-state index contributed by atoms with van der Waals surface area (Å²) in [6, 6.07) is 0.530. The van der Waals surface area contributed by atoms with E-state index in [-0.39, 0.29) is 0 Å². The van der Waals surface area contributed by atoms with Gasteiger partial charge in [0.2, 0.25) is 5.95 Å². The molecule has 3 rings (SSSR count). The Balaban J connectivity index is 2.01. The van der Waals surface area contributed by atoms with Gasteiger partial charge in [0.05, 0.1) is 6.33 Å². The minimum atomic E-state index is 0.530. The molecule has 2 aromatic rings. The summed E-state index contributed by atoms with van der Waals surface area (Å²) in [5.74, 6) is 1.53. The Morgan fingerprint density at radius 1 is 1.14 bits per heavy atom. The fraction of sp³-hybridized carbons (Fsp3) is 0.688. The van der Waals surface area contributed by atoms with Crippen molar-refractivity contribution in [1.29, 1.82) is 0 Å². The standard InChI is InChI=1S/C16H26N6/c1-3-10-18-14-13-15(21-16(20-14)17-4-2)22(11-19-13)12-8-6-5-7-9-12/h11-12H,3-10H2,1-2H3,(H2,17,18,20,21). The van der Waals surface area contributed by atoms with Crippen LogP contribution < -0.4 is 10.6 Å². The SMILES string of the molecule is CCCNc1nc(NCC)nc2c1ncn2C1CCCCC1. The molecule has 6 nitrogen and oxygen atoms in total. The highest BCUT2D eigenvalue weighted by Gasteiger charge is 2.20. The van der Waals surface area contributed by atoms with E-state index in [0.717, 1.165) is 36.5 Å². The Kier molecular flexibility index (Phi) is 4.75. The van der Waals surface area contributed by atoms with Crippen LogP contribution in [0.5, 0.6) is 0 Å². The van der Waals surface area contributed by atoms with Crippen molar-refractivity contribution in [3.8, 4) is 0 Å². The molecule has 2 heterocycles. The molecule has 0 aliphatic heterocycles. The van der Waals surface area contributed by atoms with Gasteiger partial charge in [-0.25, -0.2) is 4.98 Å². The third-order valence-corrected chi connectivity index (χ3v) is 4.27. The first-order chi connectivity index (χ1) is 10.8. The third kappa shape index (κ3) is 3.00. The smallest absolute Gasteiger partial charge is 0.226 e. The first-order valence-electron chi connectivity index (χ1n) is 8.55. The molecule has 22 heavy (non-hydrogen) atoms. The third-order valence-electron chi connectivity index (χ3n) is 4.27. The zero-order chi connectivity index (χ0) is 15.4. The van der Waals surface area contributed by atoms with Crippen molar-refractivity contribution in [3.63, 3.8) is 0 Å². The molecule has 1 fully saturated rings. The maximum Gasteiger partial charge on any atom is 0.226 e. The second-order valence-corrected chi connectivity index (χ2v) is 5.97. The van der Waals surface area contributed by atoms with Crippen LogP contribution >= 0.6 is 0 Å². The van der Waals surface area contributed by atoms with E-state index in [1.165, 1.54) is 32.1 Å². The minimum Gasteiger partial charge on any atom is -0.368 e. The number of fused-ring (bicyclic) bond motifs is 1. The van der Waals surface area contributed by atoms with E-state index in [9.17, 15) is 0 Å². The normalized spacial score (nSPS) is 16.1. The van der Waals surface area contributed by atoms with E-state index in [0.29, 0.717) is 12.0 Å². The number of nitrogens with zero attached hydrogens (tertiary/aromatic N) is 4. The molecule has 0 atom stereocenters.